The van der Waals surface area contributed by atoms with Crippen molar-refractivity contribution in [3.8, 4) is 5.75 Å². The maximum absolute atomic E-state index is 12.5. The van der Waals surface area contributed by atoms with Gasteiger partial charge in [-0.25, -0.2) is 4.79 Å². The number of hydrogen-bond acceptors (Lipinski definition) is 3. The van der Waals surface area contributed by atoms with Crippen molar-refractivity contribution in [2.45, 2.75) is 45.1 Å². The summed E-state index contributed by atoms with van der Waals surface area (Å²) in [5.41, 5.74) is 1.07. The van der Waals surface area contributed by atoms with Gasteiger partial charge in [-0.3, -0.25) is 4.79 Å². The van der Waals surface area contributed by atoms with Crippen molar-refractivity contribution in [1.29, 1.82) is 0 Å². The summed E-state index contributed by atoms with van der Waals surface area (Å²) in [6.45, 7) is 2.57. The molecule has 1 fully saturated rings. The molecular weight excluding hydrogens is 294 g/mol. The fraction of sp³-hybridized carbons (Fsp3) is 0.556. The van der Waals surface area contributed by atoms with Crippen LogP contribution in [-0.4, -0.2) is 41.6 Å². The van der Waals surface area contributed by atoms with Gasteiger partial charge in [0, 0.05) is 13.0 Å². The zero-order chi connectivity index (χ0) is 16.8. The molecule has 0 unspecified atom stereocenters. The molecule has 2 rings (SSSR count). The lowest BCUT2D eigenvalue weighted by molar-refractivity contribution is -0.152. The van der Waals surface area contributed by atoms with Crippen molar-refractivity contribution in [3.05, 3.63) is 29.8 Å². The molecule has 0 bridgehead atoms. The van der Waals surface area contributed by atoms with Gasteiger partial charge in [0.15, 0.2) is 0 Å². The molecule has 1 aromatic rings. The molecule has 1 aromatic carbocycles. The summed E-state index contributed by atoms with van der Waals surface area (Å²) >= 11 is 0. The van der Waals surface area contributed by atoms with Crippen LogP contribution in [0.1, 0.15) is 38.2 Å². The maximum atomic E-state index is 12.5. The second kappa shape index (κ2) is 7.99. The fourth-order valence-corrected chi connectivity index (χ4v) is 3.22. The molecule has 1 heterocycles. The quantitative estimate of drug-likeness (QED) is 0.875. The van der Waals surface area contributed by atoms with Crippen molar-refractivity contribution in [2.75, 3.05) is 13.7 Å². The largest absolute Gasteiger partial charge is 0.496 e. The molecular formula is C18H25NO4. The Morgan fingerprint density at radius 2 is 2.09 bits per heavy atom. The summed E-state index contributed by atoms with van der Waals surface area (Å²) in [6.07, 6.45) is 3.42. The van der Waals surface area contributed by atoms with Gasteiger partial charge in [0.05, 0.1) is 7.11 Å². The van der Waals surface area contributed by atoms with Crippen LogP contribution in [0.5, 0.6) is 5.75 Å². The summed E-state index contributed by atoms with van der Waals surface area (Å²) < 4.78 is 5.34. The minimum Gasteiger partial charge on any atom is -0.496 e. The number of aliphatic carboxylic acids is 1. The van der Waals surface area contributed by atoms with Crippen LogP contribution in [0.2, 0.25) is 0 Å². The highest BCUT2D eigenvalue weighted by Crippen LogP contribution is 2.24. The number of carbonyl (C=O) groups is 2. The number of methoxy groups -OCH3 is 1. The van der Waals surface area contributed by atoms with Crippen LogP contribution in [-0.2, 0) is 16.0 Å². The van der Waals surface area contributed by atoms with E-state index in [1.165, 1.54) is 0 Å². The molecule has 0 radical (unpaired) electrons. The van der Waals surface area contributed by atoms with Gasteiger partial charge in [0.2, 0.25) is 5.91 Å². The molecule has 5 heteroatoms. The number of benzene rings is 1. The molecule has 0 aliphatic carbocycles. The first-order valence-electron chi connectivity index (χ1n) is 8.17. The molecule has 2 atom stereocenters. The fourth-order valence-electron chi connectivity index (χ4n) is 3.22. The van der Waals surface area contributed by atoms with Gasteiger partial charge in [-0.2, -0.15) is 0 Å². The second-order valence-electron chi connectivity index (χ2n) is 6.26. The van der Waals surface area contributed by atoms with E-state index in [1.807, 2.05) is 31.2 Å². The molecule has 0 aromatic heterocycles. The Hall–Kier alpha value is -2.04. The van der Waals surface area contributed by atoms with Crippen LogP contribution in [0.3, 0.4) is 0 Å². The van der Waals surface area contributed by atoms with E-state index < -0.39 is 12.0 Å². The van der Waals surface area contributed by atoms with Crippen molar-refractivity contribution in [2.24, 2.45) is 5.92 Å². The number of carbonyl (C=O) groups excluding carboxylic acids is 1. The van der Waals surface area contributed by atoms with Crippen LogP contribution in [0.25, 0.3) is 0 Å². The first-order chi connectivity index (χ1) is 11.0. The molecule has 1 aliphatic rings. The molecule has 5 nitrogen and oxygen atoms in total. The van der Waals surface area contributed by atoms with Crippen LogP contribution in [0.15, 0.2) is 24.3 Å². The predicted octanol–water partition coefficient (Wildman–Crippen LogP) is 2.73. The maximum Gasteiger partial charge on any atom is 0.326 e. The lowest BCUT2D eigenvalue weighted by Crippen LogP contribution is -2.48. The summed E-state index contributed by atoms with van der Waals surface area (Å²) in [4.78, 5) is 25.4. The molecule has 1 amide bonds. The smallest absolute Gasteiger partial charge is 0.326 e. The first kappa shape index (κ1) is 17.3. The third-order valence-corrected chi connectivity index (χ3v) is 4.39. The summed E-state index contributed by atoms with van der Waals surface area (Å²) in [7, 11) is 1.64. The number of para-hydroxylation sites is 1. The van der Waals surface area contributed by atoms with Gasteiger partial charge in [-0.1, -0.05) is 25.1 Å². The van der Waals surface area contributed by atoms with Crippen molar-refractivity contribution in [3.63, 3.8) is 0 Å². The number of rotatable bonds is 6. The molecule has 0 saturated carbocycles. The standard InChI is InChI=1S/C18H25NO4/c1-13(11-14-7-3-4-9-16(14)23-2)12-17(20)19-10-6-5-8-15(19)18(21)22/h3-4,7,9,13,15H,5-6,8,10-12H2,1-2H3,(H,21,22)/t13-,15-/m1/s1. The van der Waals surface area contributed by atoms with Crippen LogP contribution in [0.4, 0.5) is 0 Å². The summed E-state index contributed by atoms with van der Waals surface area (Å²) in [5, 5.41) is 9.28. The van der Waals surface area contributed by atoms with E-state index in [4.69, 9.17) is 4.74 Å². The Bertz CT molecular complexity index is 558. The van der Waals surface area contributed by atoms with Crippen molar-refractivity contribution in [1.82, 2.24) is 4.90 Å². The van der Waals surface area contributed by atoms with E-state index >= 15 is 0 Å². The number of amides is 1. The number of carboxylic acids is 1. The van der Waals surface area contributed by atoms with Gasteiger partial charge in [0.25, 0.3) is 0 Å². The van der Waals surface area contributed by atoms with Crippen LogP contribution >= 0.6 is 0 Å². The Balaban J connectivity index is 1.97. The van der Waals surface area contributed by atoms with Crippen molar-refractivity contribution >= 4 is 11.9 Å². The Kier molecular flexibility index (Phi) is 6.02. The SMILES string of the molecule is COc1ccccc1C[C@@H](C)CC(=O)N1CCCC[C@@H]1C(=O)O. The number of ether oxygens (including phenoxy) is 1. The number of hydrogen-bond donors (Lipinski definition) is 1. The predicted molar refractivity (Wildman–Crippen MR) is 87.5 cm³/mol. The zero-order valence-corrected chi connectivity index (χ0v) is 13.8. The molecule has 0 spiro atoms. The van der Waals surface area contributed by atoms with E-state index in [2.05, 4.69) is 0 Å². The molecule has 126 valence electrons. The van der Waals surface area contributed by atoms with Gasteiger partial charge in [-0.15, -0.1) is 0 Å². The van der Waals surface area contributed by atoms with E-state index in [1.54, 1.807) is 12.0 Å². The average Bonchev–Trinajstić information content (AvgIpc) is 2.55. The van der Waals surface area contributed by atoms with Crippen LogP contribution in [0, 0.1) is 5.92 Å². The highest BCUT2D eigenvalue weighted by atomic mass is 16.5. The van der Waals surface area contributed by atoms with Gasteiger partial charge in [-0.05, 0) is 43.2 Å². The van der Waals surface area contributed by atoms with Crippen molar-refractivity contribution < 1.29 is 19.4 Å². The van der Waals surface area contributed by atoms with Gasteiger partial charge in [0.1, 0.15) is 11.8 Å². The lowest BCUT2D eigenvalue weighted by atomic mass is 9.95. The molecule has 1 N–H and O–H groups in total. The Morgan fingerprint density at radius 1 is 1.35 bits per heavy atom. The average molecular weight is 319 g/mol. The van der Waals surface area contributed by atoms with E-state index in [0.29, 0.717) is 19.4 Å². The van der Waals surface area contributed by atoms with E-state index in [0.717, 1.165) is 30.6 Å². The highest BCUT2D eigenvalue weighted by molar-refractivity contribution is 5.84. The number of piperidine rings is 1. The Labute approximate surface area is 137 Å². The molecule has 1 aliphatic heterocycles. The number of nitrogens with zero attached hydrogens (tertiary/aromatic N) is 1. The third-order valence-electron chi connectivity index (χ3n) is 4.39. The number of carboxylic acid groups (broad SMARTS) is 1. The topological polar surface area (TPSA) is 66.8 Å². The second-order valence-corrected chi connectivity index (χ2v) is 6.26. The van der Waals surface area contributed by atoms with E-state index in [9.17, 15) is 14.7 Å². The minimum atomic E-state index is -0.893. The zero-order valence-electron chi connectivity index (χ0n) is 13.8. The summed E-state index contributed by atoms with van der Waals surface area (Å²) in [6, 6.07) is 7.13. The molecule has 23 heavy (non-hydrogen) atoms. The Morgan fingerprint density at radius 3 is 2.78 bits per heavy atom. The third kappa shape index (κ3) is 4.47. The first-order valence-corrected chi connectivity index (χ1v) is 8.17. The van der Waals surface area contributed by atoms with Gasteiger partial charge >= 0.3 is 5.97 Å². The van der Waals surface area contributed by atoms with E-state index in [-0.39, 0.29) is 11.8 Å². The molecule has 1 saturated heterocycles. The highest BCUT2D eigenvalue weighted by Gasteiger charge is 2.32. The number of likely N-dealkylation sites (tertiary alicyclic amines) is 1. The monoisotopic (exact) mass is 319 g/mol. The van der Waals surface area contributed by atoms with Gasteiger partial charge < -0.3 is 14.7 Å². The van der Waals surface area contributed by atoms with Crippen LogP contribution < -0.4 is 4.74 Å². The minimum absolute atomic E-state index is 0.0560. The normalized spacial score (nSPS) is 19.2. The summed E-state index contributed by atoms with van der Waals surface area (Å²) in [5.74, 6) is 0.0123. The lowest BCUT2D eigenvalue weighted by Gasteiger charge is -2.33.